The van der Waals surface area contributed by atoms with Gasteiger partial charge in [0.15, 0.2) is 0 Å². The number of H-pyrrole nitrogens is 1. The predicted octanol–water partition coefficient (Wildman–Crippen LogP) is 1.82. The van der Waals surface area contributed by atoms with E-state index in [1.807, 2.05) is 33.7 Å². The summed E-state index contributed by atoms with van der Waals surface area (Å²) in [7, 11) is 0. The first-order valence-electron chi connectivity index (χ1n) is 7.43. The van der Waals surface area contributed by atoms with Crippen molar-refractivity contribution in [1.82, 2.24) is 29.5 Å². The van der Waals surface area contributed by atoms with Gasteiger partial charge in [0.2, 0.25) is 0 Å². The highest BCUT2D eigenvalue weighted by atomic mass is 16.2. The summed E-state index contributed by atoms with van der Waals surface area (Å²) in [4.78, 5) is 23.4. The van der Waals surface area contributed by atoms with Gasteiger partial charge in [0.25, 0.3) is 5.91 Å². The Morgan fingerprint density at radius 2 is 2.23 bits per heavy atom. The normalized spacial score (nSPS) is 18.7. The second-order valence-electron chi connectivity index (χ2n) is 5.45. The lowest BCUT2D eigenvalue weighted by Crippen LogP contribution is -2.39. The third-order valence-electron chi connectivity index (χ3n) is 4.16. The molecule has 1 aliphatic heterocycles. The van der Waals surface area contributed by atoms with E-state index in [4.69, 9.17) is 0 Å². The monoisotopic (exact) mass is 296 g/mol. The lowest BCUT2D eigenvalue weighted by Gasteiger charge is -2.34. The topological polar surface area (TPSA) is 79.2 Å². The Balaban J connectivity index is 1.72. The summed E-state index contributed by atoms with van der Waals surface area (Å²) >= 11 is 0. The van der Waals surface area contributed by atoms with E-state index in [1.54, 1.807) is 6.20 Å². The molecule has 4 heterocycles. The van der Waals surface area contributed by atoms with Gasteiger partial charge in [0, 0.05) is 18.9 Å². The van der Waals surface area contributed by atoms with Crippen LogP contribution >= 0.6 is 0 Å². The fraction of sp³-hybridized carbons (Fsp3) is 0.333. The number of imidazole rings is 1. The molecule has 0 aliphatic carbocycles. The van der Waals surface area contributed by atoms with Gasteiger partial charge in [-0.15, -0.1) is 0 Å². The second-order valence-corrected chi connectivity index (χ2v) is 5.45. The van der Waals surface area contributed by atoms with Crippen molar-refractivity contribution in [2.75, 3.05) is 6.54 Å². The molecule has 1 aliphatic rings. The number of amides is 1. The average Bonchev–Trinajstić information content (AvgIpc) is 3.25. The number of piperidine rings is 1. The summed E-state index contributed by atoms with van der Waals surface area (Å²) in [5.74, 6) is 0.760. The van der Waals surface area contributed by atoms with E-state index in [9.17, 15) is 4.79 Å². The molecule has 0 unspecified atom stereocenters. The van der Waals surface area contributed by atoms with Crippen LogP contribution in [0.5, 0.6) is 0 Å². The van der Waals surface area contributed by atoms with E-state index in [-0.39, 0.29) is 11.9 Å². The number of hydrogen-bond acceptors (Lipinski definition) is 4. The summed E-state index contributed by atoms with van der Waals surface area (Å²) in [5.41, 5.74) is 1.40. The molecule has 22 heavy (non-hydrogen) atoms. The van der Waals surface area contributed by atoms with Gasteiger partial charge in [-0.2, -0.15) is 5.10 Å². The highest BCUT2D eigenvalue weighted by molar-refractivity contribution is 5.93. The first-order chi connectivity index (χ1) is 10.8. The van der Waals surface area contributed by atoms with Gasteiger partial charge in [0.1, 0.15) is 23.5 Å². The third-order valence-corrected chi connectivity index (χ3v) is 4.16. The van der Waals surface area contributed by atoms with Gasteiger partial charge in [-0.25, -0.2) is 9.97 Å². The maximum atomic E-state index is 13.0. The largest absolute Gasteiger partial charge is 0.327 e. The van der Waals surface area contributed by atoms with Crippen molar-refractivity contribution in [3.63, 3.8) is 0 Å². The minimum atomic E-state index is -0.0393. The smallest absolute Gasteiger partial charge is 0.271 e. The molecule has 0 bridgehead atoms. The molecule has 7 nitrogen and oxygen atoms in total. The molecule has 1 atom stereocenters. The SMILES string of the molecule is O=C(c1cccc2nccn12)N1CCCC[C@H]1c1ncn[nH]1. The molecule has 112 valence electrons. The van der Waals surface area contributed by atoms with Gasteiger partial charge in [0.05, 0.1) is 6.04 Å². The number of hydrogen-bond donors (Lipinski definition) is 1. The number of likely N-dealkylation sites (tertiary alicyclic amines) is 1. The lowest BCUT2D eigenvalue weighted by molar-refractivity contribution is 0.0592. The number of carbonyl (C=O) groups is 1. The summed E-state index contributed by atoms with van der Waals surface area (Å²) in [5, 5.41) is 6.82. The van der Waals surface area contributed by atoms with E-state index in [0.29, 0.717) is 5.69 Å². The van der Waals surface area contributed by atoms with Crippen LogP contribution in [-0.2, 0) is 0 Å². The number of aromatic amines is 1. The minimum Gasteiger partial charge on any atom is -0.327 e. The number of carbonyl (C=O) groups excluding carboxylic acids is 1. The van der Waals surface area contributed by atoms with Crippen molar-refractivity contribution in [3.05, 3.63) is 48.4 Å². The molecule has 7 heteroatoms. The van der Waals surface area contributed by atoms with E-state index in [1.165, 1.54) is 6.33 Å². The summed E-state index contributed by atoms with van der Waals surface area (Å²) in [6.07, 6.45) is 8.01. The van der Waals surface area contributed by atoms with E-state index < -0.39 is 0 Å². The van der Waals surface area contributed by atoms with E-state index >= 15 is 0 Å². The zero-order valence-electron chi connectivity index (χ0n) is 12.0. The zero-order chi connectivity index (χ0) is 14.9. The van der Waals surface area contributed by atoms with Crippen molar-refractivity contribution >= 4 is 11.6 Å². The van der Waals surface area contributed by atoms with Crippen LogP contribution in [0.15, 0.2) is 36.9 Å². The van der Waals surface area contributed by atoms with E-state index in [2.05, 4.69) is 20.2 Å². The Morgan fingerprint density at radius 1 is 1.27 bits per heavy atom. The Morgan fingerprint density at radius 3 is 3.09 bits per heavy atom. The van der Waals surface area contributed by atoms with Crippen molar-refractivity contribution < 1.29 is 4.79 Å². The maximum Gasteiger partial charge on any atom is 0.271 e. The Labute approximate surface area is 127 Å². The maximum absolute atomic E-state index is 13.0. The highest BCUT2D eigenvalue weighted by Crippen LogP contribution is 2.29. The van der Waals surface area contributed by atoms with Crippen LogP contribution in [0.4, 0.5) is 0 Å². The van der Waals surface area contributed by atoms with Crippen LogP contribution in [0.1, 0.15) is 41.6 Å². The first kappa shape index (κ1) is 13.0. The summed E-state index contributed by atoms with van der Waals surface area (Å²) in [6, 6.07) is 5.55. The summed E-state index contributed by atoms with van der Waals surface area (Å²) < 4.78 is 1.83. The number of rotatable bonds is 2. The molecule has 1 amide bonds. The zero-order valence-corrected chi connectivity index (χ0v) is 12.0. The number of aromatic nitrogens is 5. The minimum absolute atomic E-state index is 0.00435. The molecular formula is C15H16N6O. The third kappa shape index (κ3) is 2.05. The van der Waals surface area contributed by atoms with Crippen LogP contribution in [-0.4, -0.2) is 41.9 Å². The molecule has 1 N–H and O–H groups in total. The van der Waals surface area contributed by atoms with Gasteiger partial charge in [-0.1, -0.05) is 6.07 Å². The first-order valence-corrected chi connectivity index (χ1v) is 7.43. The van der Waals surface area contributed by atoms with Crippen molar-refractivity contribution in [3.8, 4) is 0 Å². The molecule has 0 spiro atoms. The van der Waals surface area contributed by atoms with Crippen LogP contribution in [0.3, 0.4) is 0 Å². The molecule has 1 saturated heterocycles. The molecule has 0 radical (unpaired) electrons. The number of fused-ring (bicyclic) bond motifs is 1. The standard InChI is InChI=1S/C15H16N6O/c22-15(12-5-3-6-13-16-7-9-20(12)13)21-8-2-1-4-11(21)14-17-10-18-19-14/h3,5-7,9-11H,1-2,4,8H2,(H,17,18,19)/t11-/m0/s1. The van der Waals surface area contributed by atoms with Gasteiger partial charge >= 0.3 is 0 Å². The molecule has 1 fully saturated rings. The highest BCUT2D eigenvalue weighted by Gasteiger charge is 2.31. The van der Waals surface area contributed by atoms with Crippen LogP contribution in [0.2, 0.25) is 0 Å². The van der Waals surface area contributed by atoms with Gasteiger partial charge in [-0.05, 0) is 31.4 Å². The van der Waals surface area contributed by atoms with Crippen molar-refractivity contribution in [2.45, 2.75) is 25.3 Å². The lowest BCUT2D eigenvalue weighted by atomic mass is 10.0. The average molecular weight is 296 g/mol. The number of nitrogens with one attached hydrogen (secondary N) is 1. The van der Waals surface area contributed by atoms with Crippen molar-refractivity contribution in [1.29, 1.82) is 0 Å². The quantitative estimate of drug-likeness (QED) is 0.782. The van der Waals surface area contributed by atoms with Gasteiger partial charge in [-0.3, -0.25) is 14.3 Å². The van der Waals surface area contributed by atoms with E-state index in [0.717, 1.165) is 37.3 Å². The second kappa shape index (κ2) is 5.25. The molecule has 0 aromatic carbocycles. The molecular weight excluding hydrogens is 280 g/mol. The molecule has 4 rings (SSSR count). The van der Waals surface area contributed by atoms with Crippen molar-refractivity contribution in [2.24, 2.45) is 0 Å². The number of pyridine rings is 1. The fourth-order valence-corrected chi connectivity index (χ4v) is 3.10. The van der Waals surface area contributed by atoms with Crippen LogP contribution in [0, 0.1) is 0 Å². The fourth-order valence-electron chi connectivity index (χ4n) is 3.10. The van der Waals surface area contributed by atoms with Gasteiger partial charge < -0.3 is 4.90 Å². The summed E-state index contributed by atoms with van der Waals surface area (Å²) in [6.45, 7) is 0.731. The predicted molar refractivity (Wildman–Crippen MR) is 79.2 cm³/mol. The Hall–Kier alpha value is -2.70. The molecule has 3 aromatic heterocycles. The molecule has 3 aromatic rings. The van der Waals surface area contributed by atoms with Crippen LogP contribution in [0.25, 0.3) is 5.65 Å². The number of nitrogens with zero attached hydrogens (tertiary/aromatic N) is 5. The Bertz CT molecular complexity index is 793. The molecule has 0 saturated carbocycles. The Kier molecular flexibility index (Phi) is 3.10. The van der Waals surface area contributed by atoms with Crippen LogP contribution < -0.4 is 0 Å².